The van der Waals surface area contributed by atoms with Crippen LogP contribution in [-0.2, 0) is 12.7 Å². The van der Waals surface area contributed by atoms with Crippen LogP contribution in [-0.4, -0.2) is 36.8 Å². The van der Waals surface area contributed by atoms with Gasteiger partial charge in [0.1, 0.15) is 5.69 Å². The van der Waals surface area contributed by atoms with E-state index in [0.29, 0.717) is 34.7 Å². The van der Waals surface area contributed by atoms with E-state index in [9.17, 15) is 18.0 Å². The number of aromatic nitrogens is 5. The minimum absolute atomic E-state index is 0.0218. The Labute approximate surface area is 168 Å². The van der Waals surface area contributed by atoms with Crippen molar-refractivity contribution >= 4 is 23.2 Å². The maximum Gasteiger partial charge on any atom is 0.433 e. The van der Waals surface area contributed by atoms with Crippen LogP contribution in [0, 0.1) is 6.92 Å². The summed E-state index contributed by atoms with van der Waals surface area (Å²) in [7, 11) is 0. The zero-order chi connectivity index (χ0) is 20.8. The largest absolute Gasteiger partial charge is 0.433 e. The van der Waals surface area contributed by atoms with E-state index >= 15 is 0 Å². The van der Waals surface area contributed by atoms with Crippen molar-refractivity contribution in [1.29, 1.82) is 0 Å². The van der Waals surface area contributed by atoms with Crippen LogP contribution >= 0.6 is 11.6 Å². The molecule has 0 spiro atoms. The SMILES string of the molecule is Cc1nn(CCCNC(=O)c2cc3nc(C4CC4)cc(C(F)(F)F)n3n2)cc1Cl. The summed E-state index contributed by atoms with van der Waals surface area (Å²) in [5, 5.41) is 11.3. The number of aryl methyl sites for hydroxylation is 2. The molecule has 3 aromatic heterocycles. The molecular weight excluding hydrogens is 409 g/mol. The second kappa shape index (κ2) is 7.33. The van der Waals surface area contributed by atoms with Crippen molar-refractivity contribution in [2.75, 3.05) is 6.54 Å². The van der Waals surface area contributed by atoms with Crippen LogP contribution in [0.25, 0.3) is 5.65 Å². The highest BCUT2D eigenvalue weighted by molar-refractivity contribution is 6.31. The van der Waals surface area contributed by atoms with Gasteiger partial charge in [-0.05, 0) is 32.3 Å². The molecule has 0 aliphatic heterocycles. The number of fused-ring (bicyclic) bond motifs is 1. The second-order valence-corrected chi connectivity index (χ2v) is 7.48. The van der Waals surface area contributed by atoms with E-state index in [1.807, 2.05) is 0 Å². The van der Waals surface area contributed by atoms with Crippen molar-refractivity contribution < 1.29 is 18.0 Å². The van der Waals surface area contributed by atoms with Gasteiger partial charge in [0, 0.05) is 37.0 Å². The quantitative estimate of drug-likeness (QED) is 0.611. The van der Waals surface area contributed by atoms with E-state index in [-0.39, 0.29) is 17.3 Å². The molecule has 154 valence electrons. The number of alkyl halides is 3. The molecule has 11 heteroatoms. The lowest BCUT2D eigenvalue weighted by atomic mass is 10.2. The lowest BCUT2D eigenvalue weighted by Gasteiger charge is -2.10. The van der Waals surface area contributed by atoms with Gasteiger partial charge in [-0.25, -0.2) is 9.50 Å². The maximum atomic E-state index is 13.4. The Morgan fingerprint density at radius 1 is 1.31 bits per heavy atom. The Bertz CT molecular complexity index is 1050. The first kappa shape index (κ1) is 19.7. The number of halogens is 4. The number of carbonyl (C=O) groups excluding carboxylic acids is 1. The van der Waals surface area contributed by atoms with Crippen LogP contribution in [0.4, 0.5) is 13.2 Å². The van der Waals surface area contributed by atoms with E-state index in [1.54, 1.807) is 17.8 Å². The highest BCUT2D eigenvalue weighted by atomic mass is 35.5. The zero-order valence-corrected chi connectivity index (χ0v) is 16.3. The van der Waals surface area contributed by atoms with Crippen LogP contribution in [0.15, 0.2) is 18.3 Å². The number of hydrogen-bond acceptors (Lipinski definition) is 4. The first-order chi connectivity index (χ1) is 13.7. The molecule has 3 heterocycles. The van der Waals surface area contributed by atoms with Crippen molar-refractivity contribution in [2.45, 2.75) is 44.8 Å². The molecule has 1 aliphatic rings. The zero-order valence-electron chi connectivity index (χ0n) is 15.5. The van der Waals surface area contributed by atoms with Crippen molar-refractivity contribution in [3.8, 4) is 0 Å². The van der Waals surface area contributed by atoms with E-state index in [4.69, 9.17) is 11.6 Å². The molecule has 0 unspecified atom stereocenters. The molecule has 0 aromatic carbocycles. The number of nitrogens with one attached hydrogen (secondary N) is 1. The van der Waals surface area contributed by atoms with E-state index < -0.39 is 17.8 Å². The standard InChI is InChI=1S/C18H18ClF3N6O/c1-10-12(19)9-27(25-10)6-2-5-23-17(29)14-8-16-24-13(11-3-4-11)7-15(18(20,21)22)28(16)26-14/h7-9,11H,2-6H2,1H3,(H,23,29). The summed E-state index contributed by atoms with van der Waals surface area (Å²) in [5.41, 5.74) is 0.112. The van der Waals surface area contributed by atoms with E-state index in [2.05, 4.69) is 20.5 Å². The molecule has 7 nitrogen and oxygen atoms in total. The molecule has 1 amide bonds. The molecule has 29 heavy (non-hydrogen) atoms. The first-order valence-electron chi connectivity index (χ1n) is 9.18. The number of hydrogen-bond donors (Lipinski definition) is 1. The lowest BCUT2D eigenvalue weighted by molar-refractivity contribution is -0.142. The summed E-state index contributed by atoms with van der Waals surface area (Å²) >= 11 is 5.94. The van der Waals surface area contributed by atoms with Gasteiger partial charge in [-0.15, -0.1) is 0 Å². The van der Waals surface area contributed by atoms with Crippen LogP contribution in [0.5, 0.6) is 0 Å². The summed E-state index contributed by atoms with van der Waals surface area (Å²) in [5.74, 6) is -0.501. The molecule has 4 rings (SSSR count). The van der Waals surface area contributed by atoms with Gasteiger partial charge in [-0.1, -0.05) is 11.6 Å². The van der Waals surface area contributed by atoms with Crippen LogP contribution in [0.1, 0.15) is 52.8 Å². The molecule has 1 fully saturated rings. The Morgan fingerprint density at radius 3 is 2.69 bits per heavy atom. The molecule has 1 N–H and O–H groups in total. The average molecular weight is 427 g/mol. The Kier molecular flexibility index (Phi) is 4.97. The molecule has 0 saturated heterocycles. The fourth-order valence-corrected chi connectivity index (χ4v) is 3.19. The predicted molar refractivity (Wildman–Crippen MR) is 98.9 cm³/mol. The topological polar surface area (TPSA) is 77.1 Å². The van der Waals surface area contributed by atoms with E-state index in [0.717, 1.165) is 24.6 Å². The molecule has 0 radical (unpaired) electrons. The maximum absolute atomic E-state index is 13.4. The third-order valence-corrected chi connectivity index (χ3v) is 5.07. The summed E-state index contributed by atoms with van der Waals surface area (Å²) in [4.78, 5) is 16.6. The lowest BCUT2D eigenvalue weighted by Crippen LogP contribution is -2.26. The van der Waals surface area contributed by atoms with Gasteiger partial charge in [-0.3, -0.25) is 9.48 Å². The van der Waals surface area contributed by atoms with Gasteiger partial charge in [-0.2, -0.15) is 23.4 Å². The van der Waals surface area contributed by atoms with Gasteiger partial charge in [0.05, 0.1) is 10.7 Å². The third kappa shape index (κ3) is 4.21. The molecule has 0 bridgehead atoms. The predicted octanol–water partition coefficient (Wildman–Crippen LogP) is 3.60. The minimum Gasteiger partial charge on any atom is -0.351 e. The highest BCUT2D eigenvalue weighted by Gasteiger charge is 2.37. The Balaban J connectivity index is 1.46. The van der Waals surface area contributed by atoms with Gasteiger partial charge >= 0.3 is 6.18 Å². The van der Waals surface area contributed by atoms with Crippen molar-refractivity contribution in [3.05, 3.63) is 46.1 Å². The van der Waals surface area contributed by atoms with Crippen LogP contribution in [0.3, 0.4) is 0 Å². The molecule has 1 saturated carbocycles. The van der Waals surface area contributed by atoms with Crippen LogP contribution in [0.2, 0.25) is 5.02 Å². The van der Waals surface area contributed by atoms with E-state index in [1.165, 1.54) is 6.07 Å². The van der Waals surface area contributed by atoms with Gasteiger partial charge in [0.25, 0.3) is 5.91 Å². The Morgan fingerprint density at radius 2 is 2.07 bits per heavy atom. The number of nitrogens with zero attached hydrogens (tertiary/aromatic N) is 5. The fraction of sp³-hybridized carbons (Fsp3) is 0.444. The molecular formula is C18H18ClF3N6O. The summed E-state index contributed by atoms with van der Waals surface area (Å²) in [6, 6.07) is 2.31. The number of rotatable bonds is 6. The fourth-order valence-electron chi connectivity index (χ4n) is 3.04. The monoisotopic (exact) mass is 426 g/mol. The van der Waals surface area contributed by atoms with Crippen molar-refractivity contribution in [2.24, 2.45) is 0 Å². The summed E-state index contributed by atoms with van der Waals surface area (Å²) in [6.07, 6.45) is -0.670. The van der Waals surface area contributed by atoms with Gasteiger partial charge < -0.3 is 5.32 Å². The first-order valence-corrected chi connectivity index (χ1v) is 9.56. The van der Waals surface area contributed by atoms with Crippen molar-refractivity contribution in [3.63, 3.8) is 0 Å². The smallest absolute Gasteiger partial charge is 0.351 e. The Hall–Kier alpha value is -2.62. The molecule has 0 atom stereocenters. The molecule has 1 aliphatic carbocycles. The normalized spacial score (nSPS) is 14.5. The summed E-state index contributed by atoms with van der Waals surface area (Å²) < 4.78 is 42.6. The van der Waals surface area contributed by atoms with Gasteiger partial charge in [0.15, 0.2) is 11.3 Å². The van der Waals surface area contributed by atoms with Crippen molar-refractivity contribution in [1.82, 2.24) is 29.7 Å². The average Bonchev–Trinajstić information content (AvgIpc) is 3.33. The minimum atomic E-state index is -4.59. The van der Waals surface area contributed by atoms with Crippen LogP contribution < -0.4 is 5.32 Å². The molecule has 3 aromatic rings. The van der Waals surface area contributed by atoms with Gasteiger partial charge in [0.2, 0.25) is 0 Å². The second-order valence-electron chi connectivity index (χ2n) is 7.07. The number of carbonyl (C=O) groups is 1. The number of amides is 1. The third-order valence-electron chi connectivity index (χ3n) is 4.70. The highest BCUT2D eigenvalue weighted by Crippen LogP contribution is 2.41. The summed E-state index contributed by atoms with van der Waals surface area (Å²) in [6.45, 7) is 2.65.